The van der Waals surface area contributed by atoms with E-state index in [9.17, 15) is 9.59 Å². The lowest BCUT2D eigenvalue weighted by atomic mass is 10.1. The molecule has 3 aromatic carbocycles. The SMILES string of the molecule is COc1ccc(C)cc1N(C)C(=O)c1nn(-c2ccc(C)cc2)c(=O)c2c1c1ccccc1n2C. The van der Waals surface area contributed by atoms with Crippen molar-refractivity contribution in [2.24, 2.45) is 7.05 Å². The summed E-state index contributed by atoms with van der Waals surface area (Å²) in [5, 5.41) is 5.99. The van der Waals surface area contributed by atoms with Crippen LogP contribution in [-0.4, -0.2) is 34.4 Å². The summed E-state index contributed by atoms with van der Waals surface area (Å²) < 4.78 is 8.67. The predicted octanol–water partition coefficient (Wildman–Crippen LogP) is 4.78. The number of aryl methyl sites for hydroxylation is 3. The van der Waals surface area contributed by atoms with E-state index in [0.29, 0.717) is 28.0 Å². The molecule has 2 aromatic heterocycles. The van der Waals surface area contributed by atoms with Crippen LogP contribution in [0.5, 0.6) is 5.75 Å². The number of carbonyl (C=O) groups excluding carboxylic acids is 1. The van der Waals surface area contributed by atoms with Gasteiger partial charge in [-0.2, -0.15) is 9.78 Å². The number of para-hydroxylation sites is 1. The van der Waals surface area contributed by atoms with Crippen LogP contribution in [0.4, 0.5) is 5.69 Å². The van der Waals surface area contributed by atoms with E-state index in [1.165, 1.54) is 9.58 Å². The molecule has 0 aliphatic rings. The maximum atomic E-state index is 14.0. The maximum Gasteiger partial charge on any atom is 0.296 e. The Kier molecular flexibility index (Phi) is 5.40. The van der Waals surface area contributed by atoms with Crippen LogP contribution in [0, 0.1) is 13.8 Å². The zero-order chi connectivity index (χ0) is 24.9. The van der Waals surface area contributed by atoms with Crippen LogP contribution in [0.15, 0.2) is 71.5 Å². The van der Waals surface area contributed by atoms with Gasteiger partial charge in [0.2, 0.25) is 0 Å². The Morgan fingerprint density at radius 2 is 1.66 bits per heavy atom. The van der Waals surface area contributed by atoms with Crippen LogP contribution < -0.4 is 15.2 Å². The Labute approximate surface area is 202 Å². The Bertz CT molecular complexity index is 1660. The second-order valence-electron chi connectivity index (χ2n) is 8.74. The molecule has 0 atom stereocenters. The van der Waals surface area contributed by atoms with Crippen molar-refractivity contribution < 1.29 is 9.53 Å². The van der Waals surface area contributed by atoms with Gasteiger partial charge in [-0.15, -0.1) is 0 Å². The third-order valence-electron chi connectivity index (χ3n) is 6.42. The number of anilines is 1. The van der Waals surface area contributed by atoms with Crippen LogP contribution in [0.3, 0.4) is 0 Å². The van der Waals surface area contributed by atoms with E-state index in [4.69, 9.17) is 4.74 Å². The van der Waals surface area contributed by atoms with Crippen LogP contribution in [-0.2, 0) is 7.05 Å². The molecule has 1 amide bonds. The molecule has 5 rings (SSSR count). The molecule has 2 heterocycles. The molecule has 0 radical (unpaired) electrons. The summed E-state index contributed by atoms with van der Waals surface area (Å²) in [6, 6.07) is 20.8. The number of ether oxygens (including phenoxy) is 1. The van der Waals surface area contributed by atoms with E-state index in [2.05, 4.69) is 5.10 Å². The molecule has 0 unspecified atom stereocenters. The first-order chi connectivity index (χ1) is 16.8. The van der Waals surface area contributed by atoms with Gasteiger partial charge in [-0.3, -0.25) is 9.59 Å². The molecule has 0 spiro atoms. The van der Waals surface area contributed by atoms with Gasteiger partial charge in [-0.05, 0) is 49.7 Å². The number of hydrogen-bond acceptors (Lipinski definition) is 4. The number of aromatic nitrogens is 3. The maximum absolute atomic E-state index is 14.0. The summed E-state index contributed by atoms with van der Waals surface area (Å²) in [5.41, 5.74) is 4.47. The quantitative estimate of drug-likeness (QED) is 0.382. The first kappa shape index (κ1) is 22.4. The molecule has 7 heteroatoms. The zero-order valence-electron chi connectivity index (χ0n) is 20.4. The zero-order valence-corrected chi connectivity index (χ0v) is 20.4. The molecule has 176 valence electrons. The monoisotopic (exact) mass is 466 g/mol. The van der Waals surface area contributed by atoms with Crippen LogP contribution >= 0.6 is 0 Å². The molecule has 0 bridgehead atoms. The average Bonchev–Trinajstić information content (AvgIpc) is 3.17. The molecule has 5 aromatic rings. The first-order valence-corrected chi connectivity index (χ1v) is 11.3. The highest BCUT2D eigenvalue weighted by atomic mass is 16.5. The first-order valence-electron chi connectivity index (χ1n) is 11.3. The lowest BCUT2D eigenvalue weighted by Crippen LogP contribution is -2.32. The molecular formula is C28H26N4O3. The van der Waals surface area contributed by atoms with Gasteiger partial charge in [0.05, 0.1) is 18.5 Å². The average molecular weight is 467 g/mol. The Balaban J connectivity index is 1.83. The van der Waals surface area contributed by atoms with E-state index in [1.54, 1.807) is 14.2 Å². The van der Waals surface area contributed by atoms with Gasteiger partial charge in [-0.25, -0.2) is 0 Å². The van der Waals surface area contributed by atoms with Crippen molar-refractivity contribution in [3.63, 3.8) is 0 Å². The third kappa shape index (κ3) is 3.56. The minimum Gasteiger partial charge on any atom is -0.495 e. The smallest absolute Gasteiger partial charge is 0.296 e. The molecular weight excluding hydrogens is 440 g/mol. The van der Waals surface area contributed by atoms with Gasteiger partial charge in [0.25, 0.3) is 11.5 Å². The van der Waals surface area contributed by atoms with Crippen LogP contribution in [0.2, 0.25) is 0 Å². The van der Waals surface area contributed by atoms with Crippen molar-refractivity contribution in [2.45, 2.75) is 13.8 Å². The molecule has 0 aliphatic heterocycles. The van der Waals surface area contributed by atoms with Gasteiger partial charge < -0.3 is 14.2 Å². The van der Waals surface area contributed by atoms with Gasteiger partial charge in [0.1, 0.15) is 11.3 Å². The Morgan fingerprint density at radius 3 is 2.37 bits per heavy atom. The molecule has 0 saturated heterocycles. The van der Waals surface area contributed by atoms with E-state index in [0.717, 1.165) is 22.0 Å². The van der Waals surface area contributed by atoms with Crippen molar-refractivity contribution in [2.75, 3.05) is 19.1 Å². The second-order valence-corrected chi connectivity index (χ2v) is 8.74. The topological polar surface area (TPSA) is 69.4 Å². The Hall–Kier alpha value is -4.39. The molecule has 0 fully saturated rings. The highest BCUT2D eigenvalue weighted by Gasteiger charge is 2.27. The minimum absolute atomic E-state index is 0.197. The predicted molar refractivity (Wildman–Crippen MR) is 139 cm³/mol. The van der Waals surface area contributed by atoms with Crippen molar-refractivity contribution in [1.29, 1.82) is 0 Å². The highest BCUT2D eigenvalue weighted by molar-refractivity contribution is 6.20. The number of nitrogens with zero attached hydrogens (tertiary/aromatic N) is 4. The fourth-order valence-corrected chi connectivity index (χ4v) is 4.52. The number of amides is 1. The summed E-state index contributed by atoms with van der Waals surface area (Å²) in [4.78, 5) is 29.2. The number of fused-ring (bicyclic) bond motifs is 3. The lowest BCUT2D eigenvalue weighted by molar-refractivity contribution is 0.0988. The molecule has 0 saturated carbocycles. The summed E-state index contributed by atoms with van der Waals surface area (Å²) in [6.45, 7) is 3.94. The van der Waals surface area contributed by atoms with Crippen molar-refractivity contribution in [3.05, 3.63) is 93.9 Å². The number of methoxy groups -OCH3 is 1. The summed E-state index contributed by atoms with van der Waals surface area (Å²) in [7, 11) is 5.11. The van der Waals surface area contributed by atoms with Crippen molar-refractivity contribution >= 4 is 33.4 Å². The molecule has 0 N–H and O–H groups in total. The highest BCUT2D eigenvalue weighted by Crippen LogP contribution is 2.32. The lowest BCUT2D eigenvalue weighted by Gasteiger charge is -2.21. The van der Waals surface area contributed by atoms with Crippen LogP contribution in [0.1, 0.15) is 21.6 Å². The normalized spacial score (nSPS) is 11.2. The summed E-state index contributed by atoms with van der Waals surface area (Å²) >= 11 is 0. The van der Waals surface area contributed by atoms with Gasteiger partial charge in [-0.1, -0.05) is 42.0 Å². The molecule has 35 heavy (non-hydrogen) atoms. The van der Waals surface area contributed by atoms with Crippen molar-refractivity contribution in [3.8, 4) is 11.4 Å². The van der Waals surface area contributed by atoms with Gasteiger partial charge in [0.15, 0.2) is 5.69 Å². The summed E-state index contributed by atoms with van der Waals surface area (Å²) in [6.07, 6.45) is 0. The molecule has 7 nitrogen and oxygen atoms in total. The van der Waals surface area contributed by atoms with E-state index < -0.39 is 0 Å². The fourth-order valence-electron chi connectivity index (χ4n) is 4.52. The van der Waals surface area contributed by atoms with E-state index in [1.807, 2.05) is 92.2 Å². The van der Waals surface area contributed by atoms with E-state index in [-0.39, 0.29) is 17.2 Å². The Morgan fingerprint density at radius 1 is 0.971 bits per heavy atom. The third-order valence-corrected chi connectivity index (χ3v) is 6.42. The number of hydrogen-bond donors (Lipinski definition) is 0. The van der Waals surface area contributed by atoms with Crippen LogP contribution in [0.25, 0.3) is 27.5 Å². The van der Waals surface area contributed by atoms with Gasteiger partial charge >= 0.3 is 0 Å². The molecule has 0 aliphatic carbocycles. The summed E-state index contributed by atoms with van der Waals surface area (Å²) in [5.74, 6) is 0.239. The second kappa shape index (κ2) is 8.43. The van der Waals surface area contributed by atoms with E-state index >= 15 is 0 Å². The fraction of sp³-hybridized carbons (Fsp3) is 0.179. The largest absolute Gasteiger partial charge is 0.495 e. The number of rotatable bonds is 4. The standard InChI is InChI=1S/C28H26N4O3/c1-17-10-13-19(14-11-17)32-28(34)26-24(20-8-6-7-9-21(20)30(26)3)25(29-32)27(33)31(4)22-16-18(2)12-15-23(22)35-5/h6-16H,1-5H3. The van der Waals surface area contributed by atoms with Gasteiger partial charge in [0, 0.05) is 30.4 Å². The number of benzene rings is 3. The van der Waals surface area contributed by atoms with Crippen molar-refractivity contribution in [1.82, 2.24) is 14.3 Å². The minimum atomic E-state index is -0.337. The number of carbonyl (C=O) groups is 1.